The van der Waals surface area contributed by atoms with Gasteiger partial charge >= 0.3 is 0 Å². The van der Waals surface area contributed by atoms with Crippen LogP contribution in [0.4, 0.5) is 11.4 Å². The molecule has 8 nitrogen and oxygen atoms in total. The second-order valence-electron chi connectivity index (χ2n) is 8.47. The second kappa shape index (κ2) is 8.52. The topological polar surface area (TPSA) is 102 Å². The van der Waals surface area contributed by atoms with E-state index in [-0.39, 0.29) is 41.9 Å². The van der Waals surface area contributed by atoms with Crippen molar-refractivity contribution in [2.45, 2.75) is 33.2 Å². The van der Waals surface area contributed by atoms with E-state index in [1.165, 1.54) is 23.1 Å². The zero-order chi connectivity index (χ0) is 21.9. The summed E-state index contributed by atoms with van der Waals surface area (Å²) in [6.45, 7) is 5.81. The lowest BCUT2D eigenvalue weighted by Crippen LogP contribution is -2.46. The Hall–Kier alpha value is -3.42. The van der Waals surface area contributed by atoms with E-state index in [0.717, 1.165) is 5.56 Å². The predicted molar refractivity (Wildman–Crippen MR) is 112 cm³/mol. The summed E-state index contributed by atoms with van der Waals surface area (Å²) >= 11 is 0. The highest BCUT2D eigenvalue weighted by Crippen LogP contribution is 2.35. The minimum Gasteiger partial charge on any atom is -0.482 e. The van der Waals surface area contributed by atoms with Crippen LogP contribution in [0.5, 0.6) is 5.75 Å². The maximum atomic E-state index is 12.9. The molecule has 0 fully saturated rings. The number of hydrogen-bond acceptors (Lipinski definition) is 5. The van der Waals surface area contributed by atoms with Crippen molar-refractivity contribution in [3.8, 4) is 5.75 Å². The second-order valence-corrected chi connectivity index (χ2v) is 8.47. The van der Waals surface area contributed by atoms with E-state index >= 15 is 0 Å². The Morgan fingerprint density at radius 1 is 1.23 bits per heavy atom. The summed E-state index contributed by atoms with van der Waals surface area (Å²) in [5.41, 5.74) is 0.996. The van der Waals surface area contributed by atoms with Gasteiger partial charge in [-0.1, -0.05) is 51.1 Å². The largest absolute Gasteiger partial charge is 0.482 e. The highest BCUT2D eigenvalue weighted by molar-refractivity contribution is 6.02. The van der Waals surface area contributed by atoms with Crippen molar-refractivity contribution in [1.82, 2.24) is 5.32 Å². The lowest BCUT2D eigenvalue weighted by atomic mass is 9.85. The molecule has 0 spiro atoms. The molecule has 0 aromatic heterocycles. The molecule has 1 aliphatic rings. The number of benzene rings is 2. The van der Waals surface area contributed by atoms with Crippen molar-refractivity contribution in [3.63, 3.8) is 0 Å². The SMILES string of the molecule is CC(C)(C)CC(NC(=O)CN1C(=O)COc2ccc([N+](=O)[O-])cc21)c1ccccc1. The number of non-ortho nitro benzene ring substituents is 1. The van der Waals surface area contributed by atoms with Crippen LogP contribution in [0.15, 0.2) is 48.5 Å². The van der Waals surface area contributed by atoms with Crippen LogP contribution in [0.2, 0.25) is 0 Å². The molecule has 0 saturated carbocycles. The van der Waals surface area contributed by atoms with Gasteiger partial charge in [0.2, 0.25) is 5.91 Å². The van der Waals surface area contributed by atoms with Crippen LogP contribution in [0.3, 0.4) is 0 Å². The molecule has 1 N–H and O–H groups in total. The van der Waals surface area contributed by atoms with E-state index in [1.54, 1.807) is 0 Å². The average molecular weight is 411 g/mol. The Morgan fingerprint density at radius 3 is 2.57 bits per heavy atom. The first-order valence-corrected chi connectivity index (χ1v) is 9.70. The van der Waals surface area contributed by atoms with Gasteiger partial charge in [0.1, 0.15) is 12.3 Å². The van der Waals surface area contributed by atoms with Crippen molar-refractivity contribution in [2.75, 3.05) is 18.1 Å². The summed E-state index contributed by atoms with van der Waals surface area (Å²) in [6.07, 6.45) is 0.710. The molecule has 2 amide bonds. The van der Waals surface area contributed by atoms with Gasteiger partial charge in [-0.15, -0.1) is 0 Å². The molecule has 0 aliphatic carbocycles. The summed E-state index contributed by atoms with van der Waals surface area (Å²) in [7, 11) is 0. The molecular weight excluding hydrogens is 386 g/mol. The van der Waals surface area contributed by atoms with Gasteiger partial charge in [-0.05, 0) is 23.5 Å². The monoisotopic (exact) mass is 411 g/mol. The van der Waals surface area contributed by atoms with E-state index < -0.39 is 10.8 Å². The first-order chi connectivity index (χ1) is 14.1. The van der Waals surface area contributed by atoms with Crippen molar-refractivity contribution < 1.29 is 19.2 Å². The van der Waals surface area contributed by atoms with Gasteiger partial charge in [-0.2, -0.15) is 0 Å². The molecule has 2 aromatic carbocycles. The molecule has 1 aliphatic heterocycles. The number of nitrogens with zero attached hydrogens (tertiary/aromatic N) is 2. The minimum absolute atomic E-state index is 0.0320. The van der Waals surface area contributed by atoms with Crippen molar-refractivity contribution in [2.24, 2.45) is 5.41 Å². The first kappa shape index (κ1) is 21.3. The number of amides is 2. The van der Waals surface area contributed by atoms with Gasteiger partial charge < -0.3 is 10.1 Å². The first-order valence-electron chi connectivity index (χ1n) is 9.70. The Bertz CT molecular complexity index is 953. The zero-order valence-corrected chi connectivity index (χ0v) is 17.3. The fraction of sp³-hybridized carbons (Fsp3) is 0.364. The number of fused-ring (bicyclic) bond motifs is 1. The van der Waals surface area contributed by atoms with E-state index in [2.05, 4.69) is 26.1 Å². The van der Waals surface area contributed by atoms with Gasteiger partial charge in [-0.3, -0.25) is 24.6 Å². The Morgan fingerprint density at radius 2 is 1.93 bits per heavy atom. The molecule has 1 unspecified atom stereocenters. The quantitative estimate of drug-likeness (QED) is 0.578. The van der Waals surface area contributed by atoms with E-state index in [0.29, 0.717) is 12.2 Å². The number of hydrogen-bond donors (Lipinski definition) is 1. The normalized spacial score (nSPS) is 14.5. The summed E-state index contributed by atoms with van der Waals surface area (Å²) in [5, 5.41) is 14.1. The average Bonchev–Trinajstić information content (AvgIpc) is 2.69. The van der Waals surface area contributed by atoms with E-state index in [9.17, 15) is 19.7 Å². The number of ether oxygens (including phenoxy) is 1. The molecule has 3 rings (SSSR count). The summed E-state index contributed by atoms with van der Waals surface area (Å²) in [4.78, 5) is 37.1. The van der Waals surface area contributed by atoms with Gasteiger partial charge in [0.15, 0.2) is 6.61 Å². The van der Waals surface area contributed by atoms with E-state index in [4.69, 9.17) is 4.74 Å². The van der Waals surface area contributed by atoms with E-state index in [1.807, 2.05) is 30.3 Å². The zero-order valence-electron chi connectivity index (χ0n) is 17.3. The van der Waals surface area contributed by atoms with Crippen molar-refractivity contribution in [1.29, 1.82) is 0 Å². The number of carbonyl (C=O) groups excluding carboxylic acids is 2. The summed E-state index contributed by atoms with van der Waals surface area (Å²) in [6, 6.07) is 13.4. The lowest BCUT2D eigenvalue weighted by Gasteiger charge is -2.31. The molecule has 0 radical (unpaired) electrons. The molecule has 1 atom stereocenters. The molecule has 158 valence electrons. The molecule has 8 heteroatoms. The van der Waals surface area contributed by atoms with Crippen molar-refractivity contribution in [3.05, 3.63) is 64.2 Å². The number of anilines is 1. The van der Waals surface area contributed by atoms with Crippen molar-refractivity contribution >= 4 is 23.2 Å². The fourth-order valence-corrected chi connectivity index (χ4v) is 3.41. The third-order valence-corrected chi connectivity index (χ3v) is 4.75. The van der Waals surface area contributed by atoms with Crippen LogP contribution in [-0.2, 0) is 9.59 Å². The molecule has 1 heterocycles. The molecule has 2 aromatic rings. The maximum absolute atomic E-state index is 12.9. The summed E-state index contributed by atoms with van der Waals surface area (Å²) in [5.74, 6) is -0.437. The minimum atomic E-state index is -0.549. The Balaban J connectivity index is 1.81. The number of nitro groups is 1. The maximum Gasteiger partial charge on any atom is 0.271 e. The smallest absolute Gasteiger partial charge is 0.271 e. The molecular formula is C22H25N3O5. The van der Waals surface area contributed by atoms with Gasteiger partial charge in [0, 0.05) is 12.1 Å². The van der Waals surface area contributed by atoms with Crippen LogP contribution in [-0.4, -0.2) is 29.9 Å². The molecule has 0 saturated heterocycles. The van der Waals surface area contributed by atoms with Crippen LogP contribution in [0.25, 0.3) is 0 Å². The lowest BCUT2D eigenvalue weighted by molar-refractivity contribution is -0.384. The van der Waals surface area contributed by atoms with Gasteiger partial charge in [0.25, 0.3) is 11.6 Å². The molecule has 0 bridgehead atoms. The fourth-order valence-electron chi connectivity index (χ4n) is 3.41. The predicted octanol–water partition coefficient (Wildman–Crippen LogP) is 3.61. The third-order valence-electron chi connectivity index (χ3n) is 4.75. The van der Waals surface area contributed by atoms with Crippen LogP contribution in [0, 0.1) is 15.5 Å². The number of carbonyl (C=O) groups is 2. The van der Waals surface area contributed by atoms with Crippen LogP contribution < -0.4 is 15.0 Å². The summed E-state index contributed by atoms with van der Waals surface area (Å²) < 4.78 is 5.35. The highest BCUT2D eigenvalue weighted by atomic mass is 16.6. The number of rotatable bonds is 6. The van der Waals surface area contributed by atoms with Crippen LogP contribution in [0.1, 0.15) is 38.8 Å². The number of nitrogens with one attached hydrogen (secondary N) is 1. The highest BCUT2D eigenvalue weighted by Gasteiger charge is 2.30. The van der Waals surface area contributed by atoms with Crippen LogP contribution >= 0.6 is 0 Å². The standard InChI is InChI=1S/C22H25N3O5/c1-22(2,3)12-17(15-7-5-4-6-8-15)23-20(26)13-24-18-11-16(25(28)29)9-10-19(18)30-14-21(24)27/h4-11,17H,12-14H2,1-3H3,(H,23,26). The Labute approximate surface area is 175 Å². The number of nitro benzene ring substituents is 1. The van der Waals surface area contributed by atoms with Gasteiger partial charge in [-0.25, -0.2) is 0 Å². The Kier molecular flexibility index (Phi) is 6.05. The molecule has 30 heavy (non-hydrogen) atoms. The third kappa shape index (κ3) is 5.14. The van der Waals surface area contributed by atoms with Gasteiger partial charge in [0.05, 0.1) is 16.7 Å².